The second kappa shape index (κ2) is 7.51. The molecule has 0 bridgehead atoms. The Labute approximate surface area is 146 Å². The zero-order chi connectivity index (χ0) is 19.5. The van der Waals surface area contributed by atoms with E-state index in [1.54, 1.807) is 30.1 Å². The summed E-state index contributed by atoms with van der Waals surface area (Å²) in [4.78, 5) is 25.8. The summed E-state index contributed by atoms with van der Waals surface area (Å²) in [5.74, 6) is 0.214. The average Bonchev–Trinajstić information content (AvgIpc) is 2.59. The van der Waals surface area contributed by atoms with Gasteiger partial charge in [-0.15, -0.1) is 0 Å². The quantitative estimate of drug-likeness (QED) is 0.848. The number of carbonyl (C=O) groups is 1. The van der Waals surface area contributed by atoms with Gasteiger partial charge >= 0.3 is 6.18 Å². The molecule has 0 spiro atoms. The number of aromatic nitrogens is 1. The Morgan fingerprint density at radius 3 is 2.38 bits per heavy atom. The molecule has 9 heteroatoms. The first-order valence-corrected chi connectivity index (χ1v) is 7.50. The van der Waals surface area contributed by atoms with Gasteiger partial charge in [-0.05, 0) is 37.3 Å². The van der Waals surface area contributed by atoms with Crippen LogP contribution in [0.25, 0.3) is 0 Å². The molecule has 0 radical (unpaired) electrons. The third-order valence-corrected chi connectivity index (χ3v) is 3.71. The van der Waals surface area contributed by atoms with Crippen molar-refractivity contribution in [3.05, 3.63) is 57.5 Å². The van der Waals surface area contributed by atoms with E-state index in [9.17, 15) is 22.8 Å². The number of nitrogens with one attached hydrogen (secondary N) is 2. The van der Waals surface area contributed by atoms with E-state index in [4.69, 9.17) is 9.47 Å². The van der Waals surface area contributed by atoms with Gasteiger partial charge in [0.05, 0.1) is 20.3 Å². The van der Waals surface area contributed by atoms with Crippen molar-refractivity contribution in [3.63, 3.8) is 0 Å². The topological polar surface area (TPSA) is 80.4 Å². The van der Waals surface area contributed by atoms with Gasteiger partial charge in [-0.25, -0.2) is 0 Å². The van der Waals surface area contributed by atoms with Crippen molar-refractivity contribution in [3.8, 4) is 11.5 Å². The average molecular weight is 370 g/mol. The summed E-state index contributed by atoms with van der Waals surface area (Å²) < 4.78 is 48.1. The fourth-order valence-electron chi connectivity index (χ4n) is 2.35. The molecule has 1 atom stereocenters. The largest absolute Gasteiger partial charge is 0.497 e. The molecule has 6 nitrogen and oxygen atoms in total. The molecule has 0 aliphatic carbocycles. The summed E-state index contributed by atoms with van der Waals surface area (Å²) in [6.07, 6.45) is -4.70. The van der Waals surface area contributed by atoms with Crippen LogP contribution in [0.15, 0.2) is 35.1 Å². The first-order valence-electron chi connectivity index (χ1n) is 7.50. The fraction of sp³-hybridized carbons (Fsp3) is 0.294. The third kappa shape index (κ3) is 4.16. The Balaban J connectivity index is 2.26. The Bertz CT molecular complexity index is 862. The van der Waals surface area contributed by atoms with Gasteiger partial charge in [0.15, 0.2) is 0 Å². The number of alkyl halides is 3. The van der Waals surface area contributed by atoms with Crippen LogP contribution in [0.3, 0.4) is 0 Å². The number of H-pyrrole nitrogens is 1. The van der Waals surface area contributed by atoms with Crippen LogP contribution in [-0.2, 0) is 6.18 Å². The van der Waals surface area contributed by atoms with Gasteiger partial charge in [-0.3, -0.25) is 9.59 Å². The predicted molar refractivity (Wildman–Crippen MR) is 87.5 cm³/mol. The van der Waals surface area contributed by atoms with E-state index in [2.05, 4.69) is 5.32 Å². The zero-order valence-corrected chi connectivity index (χ0v) is 14.2. The summed E-state index contributed by atoms with van der Waals surface area (Å²) in [6, 6.07) is 5.88. The van der Waals surface area contributed by atoms with Gasteiger partial charge in [0.1, 0.15) is 22.8 Å². The number of hydrogen-bond donors (Lipinski definition) is 2. The minimum atomic E-state index is -4.70. The Morgan fingerprint density at radius 2 is 1.85 bits per heavy atom. The van der Waals surface area contributed by atoms with Crippen LogP contribution in [-0.4, -0.2) is 25.1 Å². The molecular weight excluding hydrogens is 353 g/mol. The van der Waals surface area contributed by atoms with E-state index in [-0.39, 0.29) is 0 Å². The molecule has 1 aromatic carbocycles. The second-order valence-electron chi connectivity index (χ2n) is 5.42. The smallest absolute Gasteiger partial charge is 0.431 e. The summed E-state index contributed by atoms with van der Waals surface area (Å²) in [5, 5.41) is 2.56. The van der Waals surface area contributed by atoms with E-state index < -0.39 is 34.9 Å². The van der Waals surface area contributed by atoms with E-state index in [1.807, 2.05) is 0 Å². The maximum absolute atomic E-state index is 12.6. The monoisotopic (exact) mass is 370 g/mol. The molecule has 2 aromatic rings. The summed E-state index contributed by atoms with van der Waals surface area (Å²) >= 11 is 0. The third-order valence-electron chi connectivity index (χ3n) is 3.71. The van der Waals surface area contributed by atoms with Crippen molar-refractivity contribution in [2.45, 2.75) is 19.1 Å². The van der Waals surface area contributed by atoms with Crippen molar-refractivity contribution in [1.82, 2.24) is 10.3 Å². The lowest BCUT2D eigenvalue weighted by Crippen LogP contribution is -2.32. The Hall–Kier alpha value is -2.97. The van der Waals surface area contributed by atoms with Crippen LogP contribution in [0.5, 0.6) is 11.5 Å². The van der Waals surface area contributed by atoms with Crippen molar-refractivity contribution >= 4 is 5.91 Å². The van der Waals surface area contributed by atoms with Crippen LogP contribution < -0.4 is 20.3 Å². The van der Waals surface area contributed by atoms with E-state index in [0.29, 0.717) is 23.1 Å². The standard InChI is InChI=1S/C17H17F3N2O4/c1-9(12-8-10(25-2)4-6-13(12)26-3)21-15(23)11-5-7-14(17(18,19)20)22-16(11)24/h4-9H,1-3H3,(H,21,23)(H,22,24). The molecule has 1 heterocycles. The fourth-order valence-corrected chi connectivity index (χ4v) is 2.35. The lowest BCUT2D eigenvalue weighted by atomic mass is 10.1. The molecule has 1 unspecified atom stereocenters. The number of carbonyl (C=O) groups excluding carboxylic acids is 1. The van der Waals surface area contributed by atoms with E-state index in [0.717, 1.165) is 6.07 Å². The molecule has 2 N–H and O–H groups in total. The first kappa shape index (κ1) is 19.4. The van der Waals surface area contributed by atoms with Gasteiger partial charge in [-0.2, -0.15) is 13.2 Å². The SMILES string of the molecule is COc1ccc(OC)c(C(C)NC(=O)c2ccc(C(F)(F)F)[nH]c2=O)c1. The van der Waals surface area contributed by atoms with Crippen molar-refractivity contribution < 1.29 is 27.4 Å². The van der Waals surface area contributed by atoms with Crippen LogP contribution in [0.2, 0.25) is 0 Å². The highest BCUT2D eigenvalue weighted by Crippen LogP contribution is 2.29. The molecule has 0 saturated carbocycles. The number of ether oxygens (including phenoxy) is 2. The number of methoxy groups -OCH3 is 2. The maximum atomic E-state index is 12.6. The zero-order valence-electron chi connectivity index (χ0n) is 14.2. The molecule has 0 aliphatic rings. The maximum Gasteiger partial charge on any atom is 0.431 e. The lowest BCUT2D eigenvalue weighted by molar-refractivity contribution is -0.141. The molecule has 26 heavy (non-hydrogen) atoms. The minimum Gasteiger partial charge on any atom is -0.497 e. The first-order chi connectivity index (χ1) is 12.2. The van der Waals surface area contributed by atoms with Gasteiger partial charge in [0, 0.05) is 5.56 Å². The number of benzene rings is 1. The van der Waals surface area contributed by atoms with Crippen molar-refractivity contribution in [1.29, 1.82) is 0 Å². The molecule has 0 fully saturated rings. The van der Waals surface area contributed by atoms with Crippen molar-refractivity contribution in [2.75, 3.05) is 14.2 Å². The van der Waals surface area contributed by atoms with Gasteiger partial charge in [0.25, 0.3) is 11.5 Å². The predicted octanol–water partition coefficient (Wildman–Crippen LogP) is 2.90. The highest BCUT2D eigenvalue weighted by molar-refractivity contribution is 5.94. The molecule has 0 aliphatic heterocycles. The van der Waals surface area contributed by atoms with Crippen LogP contribution in [0, 0.1) is 0 Å². The molecule has 1 aromatic heterocycles. The van der Waals surface area contributed by atoms with Crippen LogP contribution in [0.4, 0.5) is 13.2 Å². The Morgan fingerprint density at radius 1 is 1.15 bits per heavy atom. The second-order valence-corrected chi connectivity index (χ2v) is 5.42. The van der Waals surface area contributed by atoms with Gasteiger partial charge in [-0.1, -0.05) is 0 Å². The van der Waals surface area contributed by atoms with E-state index >= 15 is 0 Å². The molecule has 1 amide bonds. The van der Waals surface area contributed by atoms with Crippen LogP contribution >= 0.6 is 0 Å². The van der Waals surface area contributed by atoms with Gasteiger partial charge in [0.2, 0.25) is 0 Å². The number of pyridine rings is 1. The highest BCUT2D eigenvalue weighted by atomic mass is 19.4. The van der Waals surface area contributed by atoms with Gasteiger partial charge < -0.3 is 19.8 Å². The number of hydrogen-bond acceptors (Lipinski definition) is 4. The molecule has 2 rings (SSSR count). The lowest BCUT2D eigenvalue weighted by Gasteiger charge is -2.18. The molecular formula is C17H17F3N2O4. The van der Waals surface area contributed by atoms with Crippen molar-refractivity contribution in [2.24, 2.45) is 0 Å². The number of halogens is 3. The van der Waals surface area contributed by atoms with E-state index in [1.165, 1.54) is 14.2 Å². The number of amides is 1. The minimum absolute atomic E-state index is 0.424. The molecule has 140 valence electrons. The summed E-state index contributed by atoms with van der Waals surface area (Å²) in [5.41, 5.74) is -2.18. The summed E-state index contributed by atoms with van der Waals surface area (Å²) in [7, 11) is 2.94. The summed E-state index contributed by atoms with van der Waals surface area (Å²) in [6.45, 7) is 1.65. The molecule has 0 saturated heterocycles. The normalized spacial score (nSPS) is 12.4. The van der Waals surface area contributed by atoms with Crippen LogP contribution in [0.1, 0.15) is 34.6 Å². The highest BCUT2D eigenvalue weighted by Gasteiger charge is 2.32. The number of rotatable bonds is 5. The number of aromatic amines is 1. The Kier molecular flexibility index (Phi) is 5.59.